The van der Waals surface area contributed by atoms with Crippen LogP contribution in [0.3, 0.4) is 0 Å². The van der Waals surface area contributed by atoms with Crippen molar-refractivity contribution in [2.24, 2.45) is 0 Å². The molecule has 0 spiro atoms. The Bertz CT molecular complexity index is 448. The van der Waals surface area contributed by atoms with Crippen LogP contribution < -0.4 is 9.47 Å². The van der Waals surface area contributed by atoms with Gasteiger partial charge in [0.1, 0.15) is 13.2 Å². The number of nitrogens with zero attached hydrogens (tertiary/aromatic N) is 1. The molecule has 0 saturated carbocycles. The van der Waals surface area contributed by atoms with Gasteiger partial charge in [0.05, 0.1) is 0 Å². The van der Waals surface area contributed by atoms with Gasteiger partial charge in [-0.05, 0) is 18.2 Å². The molecule has 1 heterocycles. The Labute approximate surface area is 122 Å². The average molecular weight is 304 g/mol. The summed E-state index contributed by atoms with van der Waals surface area (Å²) < 4.78 is 10.9. The predicted molar refractivity (Wildman–Crippen MR) is 74.8 cm³/mol. The van der Waals surface area contributed by atoms with Crippen molar-refractivity contribution in [2.75, 3.05) is 38.1 Å². The minimum absolute atomic E-state index is 0.0988. The summed E-state index contributed by atoms with van der Waals surface area (Å²) in [6.45, 7) is 1.98. The first kappa shape index (κ1) is 14.3. The van der Waals surface area contributed by atoms with Gasteiger partial charge in [-0.2, -0.15) is 0 Å². The first-order valence-electron chi connectivity index (χ1n) is 6.07. The number of hydrogen-bond acceptors (Lipinski definition) is 3. The average Bonchev–Trinajstić information content (AvgIpc) is 2.46. The van der Waals surface area contributed by atoms with Crippen LogP contribution in [0.2, 0.25) is 0 Å². The van der Waals surface area contributed by atoms with Crippen molar-refractivity contribution in [1.29, 1.82) is 0 Å². The molecule has 1 aliphatic heterocycles. The smallest absolute Gasteiger partial charge is 0.254 e. The molecule has 0 aromatic heterocycles. The number of ether oxygens (including phenoxy) is 2. The van der Waals surface area contributed by atoms with Crippen molar-refractivity contribution >= 4 is 29.1 Å². The fourth-order valence-electron chi connectivity index (χ4n) is 1.88. The van der Waals surface area contributed by atoms with Gasteiger partial charge in [-0.1, -0.05) is 0 Å². The van der Waals surface area contributed by atoms with Crippen LogP contribution in [-0.4, -0.2) is 48.9 Å². The number of halogens is 2. The largest absolute Gasteiger partial charge is 0.486 e. The Kier molecular flexibility index (Phi) is 5.16. The second-order valence-corrected chi connectivity index (χ2v) is 4.78. The molecule has 1 aromatic rings. The first-order chi connectivity index (χ1) is 9.26. The van der Waals surface area contributed by atoms with Gasteiger partial charge >= 0.3 is 0 Å². The van der Waals surface area contributed by atoms with Crippen molar-refractivity contribution in [3.63, 3.8) is 0 Å². The van der Waals surface area contributed by atoms with E-state index in [4.69, 9.17) is 32.7 Å². The summed E-state index contributed by atoms with van der Waals surface area (Å²) in [5.41, 5.74) is 0.555. The lowest BCUT2D eigenvalue weighted by Crippen LogP contribution is -2.34. The standard InChI is InChI=1S/C13H15Cl2NO3/c14-3-5-16(6-4-15)13(17)10-1-2-11-12(9-10)19-8-7-18-11/h1-2,9H,3-8H2. The van der Waals surface area contributed by atoms with Gasteiger partial charge in [-0.15, -0.1) is 23.2 Å². The molecule has 0 atom stereocenters. The zero-order valence-electron chi connectivity index (χ0n) is 10.4. The molecule has 19 heavy (non-hydrogen) atoms. The molecular weight excluding hydrogens is 289 g/mol. The highest BCUT2D eigenvalue weighted by Gasteiger charge is 2.18. The van der Waals surface area contributed by atoms with Gasteiger partial charge in [-0.3, -0.25) is 4.79 Å². The molecular formula is C13H15Cl2NO3. The van der Waals surface area contributed by atoms with E-state index < -0.39 is 0 Å². The van der Waals surface area contributed by atoms with E-state index in [0.29, 0.717) is 55.1 Å². The molecule has 0 saturated heterocycles. The third kappa shape index (κ3) is 3.45. The Morgan fingerprint density at radius 2 is 1.74 bits per heavy atom. The van der Waals surface area contributed by atoms with Crippen LogP contribution in [0, 0.1) is 0 Å². The predicted octanol–water partition coefficient (Wildman–Crippen LogP) is 2.38. The van der Waals surface area contributed by atoms with E-state index >= 15 is 0 Å². The molecule has 0 N–H and O–H groups in total. The van der Waals surface area contributed by atoms with Gasteiger partial charge in [0.25, 0.3) is 5.91 Å². The van der Waals surface area contributed by atoms with Crippen molar-refractivity contribution < 1.29 is 14.3 Å². The maximum absolute atomic E-state index is 12.3. The lowest BCUT2D eigenvalue weighted by Gasteiger charge is -2.22. The van der Waals surface area contributed by atoms with Crippen LogP contribution in [0.5, 0.6) is 11.5 Å². The van der Waals surface area contributed by atoms with E-state index in [1.807, 2.05) is 0 Å². The molecule has 6 heteroatoms. The number of hydrogen-bond donors (Lipinski definition) is 0. The van der Waals surface area contributed by atoms with E-state index in [2.05, 4.69) is 0 Å². The monoisotopic (exact) mass is 303 g/mol. The number of carbonyl (C=O) groups is 1. The van der Waals surface area contributed by atoms with E-state index in [-0.39, 0.29) is 5.91 Å². The van der Waals surface area contributed by atoms with Gasteiger partial charge in [0.15, 0.2) is 11.5 Å². The number of benzene rings is 1. The Morgan fingerprint density at radius 1 is 1.11 bits per heavy atom. The molecule has 0 unspecified atom stereocenters. The van der Waals surface area contributed by atoms with Crippen molar-refractivity contribution in [3.8, 4) is 11.5 Å². The van der Waals surface area contributed by atoms with Crippen molar-refractivity contribution in [3.05, 3.63) is 23.8 Å². The van der Waals surface area contributed by atoms with E-state index in [0.717, 1.165) is 0 Å². The van der Waals surface area contributed by atoms with Crippen LogP contribution in [0.25, 0.3) is 0 Å². The first-order valence-corrected chi connectivity index (χ1v) is 7.14. The third-order valence-corrected chi connectivity index (χ3v) is 3.12. The maximum Gasteiger partial charge on any atom is 0.254 e. The molecule has 1 aliphatic rings. The van der Waals surface area contributed by atoms with Gasteiger partial charge < -0.3 is 14.4 Å². The third-order valence-electron chi connectivity index (χ3n) is 2.79. The zero-order valence-corrected chi connectivity index (χ0v) is 11.9. The lowest BCUT2D eigenvalue weighted by molar-refractivity contribution is 0.0774. The highest BCUT2D eigenvalue weighted by atomic mass is 35.5. The summed E-state index contributed by atoms with van der Waals surface area (Å²) in [6, 6.07) is 5.18. The number of amides is 1. The summed E-state index contributed by atoms with van der Waals surface area (Å²) in [5, 5.41) is 0. The molecule has 1 amide bonds. The molecule has 0 bridgehead atoms. The maximum atomic E-state index is 12.3. The van der Waals surface area contributed by atoms with Crippen LogP contribution >= 0.6 is 23.2 Å². The van der Waals surface area contributed by atoms with Gasteiger partial charge in [0.2, 0.25) is 0 Å². The van der Waals surface area contributed by atoms with E-state index in [1.54, 1.807) is 23.1 Å². The van der Waals surface area contributed by atoms with Crippen LogP contribution in [0.15, 0.2) is 18.2 Å². The molecule has 0 radical (unpaired) electrons. The lowest BCUT2D eigenvalue weighted by atomic mass is 10.1. The van der Waals surface area contributed by atoms with Crippen molar-refractivity contribution in [1.82, 2.24) is 4.90 Å². The summed E-state index contributed by atoms with van der Waals surface area (Å²) in [5.74, 6) is 1.94. The summed E-state index contributed by atoms with van der Waals surface area (Å²) in [7, 11) is 0. The topological polar surface area (TPSA) is 38.8 Å². The van der Waals surface area contributed by atoms with Gasteiger partial charge in [0, 0.05) is 30.4 Å². The normalized spacial score (nSPS) is 13.2. The van der Waals surface area contributed by atoms with E-state index in [9.17, 15) is 4.79 Å². The summed E-state index contributed by atoms with van der Waals surface area (Å²) >= 11 is 11.4. The number of rotatable bonds is 5. The highest BCUT2D eigenvalue weighted by Crippen LogP contribution is 2.31. The molecule has 4 nitrogen and oxygen atoms in total. The number of carbonyl (C=O) groups excluding carboxylic acids is 1. The van der Waals surface area contributed by atoms with Crippen LogP contribution in [0.4, 0.5) is 0 Å². The van der Waals surface area contributed by atoms with Crippen molar-refractivity contribution in [2.45, 2.75) is 0 Å². The minimum Gasteiger partial charge on any atom is -0.486 e. The fraction of sp³-hybridized carbons (Fsp3) is 0.462. The Morgan fingerprint density at radius 3 is 2.37 bits per heavy atom. The molecule has 104 valence electrons. The summed E-state index contributed by atoms with van der Waals surface area (Å²) in [4.78, 5) is 14.0. The molecule has 1 aromatic carbocycles. The second kappa shape index (κ2) is 6.87. The zero-order chi connectivity index (χ0) is 13.7. The van der Waals surface area contributed by atoms with Crippen LogP contribution in [-0.2, 0) is 0 Å². The summed E-state index contributed by atoms with van der Waals surface area (Å²) in [6.07, 6.45) is 0. The van der Waals surface area contributed by atoms with E-state index in [1.165, 1.54) is 0 Å². The Hall–Kier alpha value is -1.13. The number of alkyl halides is 2. The SMILES string of the molecule is O=C(c1ccc2c(c1)OCCO2)N(CCCl)CCCl. The molecule has 0 aliphatic carbocycles. The minimum atomic E-state index is -0.0988. The molecule has 0 fully saturated rings. The fourth-order valence-corrected chi connectivity index (χ4v) is 2.29. The second-order valence-electron chi connectivity index (χ2n) is 4.03. The highest BCUT2D eigenvalue weighted by molar-refractivity contribution is 6.18. The van der Waals surface area contributed by atoms with Crippen LogP contribution in [0.1, 0.15) is 10.4 Å². The molecule has 2 rings (SSSR count). The quantitative estimate of drug-likeness (QED) is 0.784. The number of fused-ring (bicyclic) bond motifs is 1. The Balaban J connectivity index is 2.17. The van der Waals surface area contributed by atoms with Gasteiger partial charge in [-0.25, -0.2) is 0 Å².